The van der Waals surface area contributed by atoms with Gasteiger partial charge in [-0.3, -0.25) is 9.69 Å². The highest BCUT2D eigenvalue weighted by molar-refractivity contribution is 5.94. The number of morpholine rings is 1. The minimum atomic E-state index is -0.0921. The second-order valence-corrected chi connectivity index (χ2v) is 6.84. The van der Waals surface area contributed by atoms with Gasteiger partial charge in [-0.1, -0.05) is 30.3 Å². The Morgan fingerprint density at radius 2 is 2.08 bits per heavy atom. The first kappa shape index (κ1) is 17.0. The van der Waals surface area contributed by atoms with E-state index in [2.05, 4.69) is 27.3 Å². The molecule has 6 heteroatoms. The molecule has 2 aromatic rings. The molecule has 3 atom stereocenters. The molecule has 3 heterocycles. The SMILES string of the molecule is COc1ccc(C(=O)N[C@@H]2C[C@H]3CO[C@@H](c4ccccc4)CN3C2)cn1. The van der Waals surface area contributed by atoms with Gasteiger partial charge >= 0.3 is 0 Å². The number of nitrogens with zero attached hydrogens (tertiary/aromatic N) is 2. The third-order valence-electron chi connectivity index (χ3n) is 5.13. The van der Waals surface area contributed by atoms with Gasteiger partial charge in [-0.15, -0.1) is 0 Å². The van der Waals surface area contributed by atoms with Crippen molar-refractivity contribution in [3.63, 3.8) is 0 Å². The molecule has 2 saturated heterocycles. The number of hydrogen-bond donors (Lipinski definition) is 1. The van der Waals surface area contributed by atoms with Crippen molar-refractivity contribution in [3.05, 3.63) is 59.8 Å². The normalized spacial score (nSPS) is 25.5. The first-order valence-electron chi connectivity index (χ1n) is 8.94. The van der Waals surface area contributed by atoms with Crippen LogP contribution in [-0.4, -0.2) is 54.7 Å². The summed E-state index contributed by atoms with van der Waals surface area (Å²) in [6.07, 6.45) is 2.56. The van der Waals surface area contributed by atoms with Crippen LogP contribution >= 0.6 is 0 Å². The molecule has 1 aromatic carbocycles. The third kappa shape index (κ3) is 3.57. The molecule has 4 rings (SSSR count). The zero-order valence-corrected chi connectivity index (χ0v) is 14.8. The molecule has 1 amide bonds. The van der Waals surface area contributed by atoms with E-state index in [1.807, 2.05) is 18.2 Å². The molecule has 2 aliphatic heterocycles. The summed E-state index contributed by atoms with van der Waals surface area (Å²) in [4.78, 5) is 19.0. The Bertz CT molecular complexity index is 751. The van der Waals surface area contributed by atoms with Crippen LogP contribution in [0.25, 0.3) is 0 Å². The van der Waals surface area contributed by atoms with E-state index in [4.69, 9.17) is 9.47 Å². The van der Waals surface area contributed by atoms with E-state index in [-0.39, 0.29) is 18.1 Å². The van der Waals surface area contributed by atoms with Crippen molar-refractivity contribution in [2.75, 3.05) is 26.8 Å². The topological polar surface area (TPSA) is 63.7 Å². The van der Waals surface area contributed by atoms with Crippen LogP contribution in [0.3, 0.4) is 0 Å². The van der Waals surface area contributed by atoms with Crippen molar-refractivity contribution in [1.29, 1.82) is 0 Å². The Hall–Kier alpha value is -2.44. The Balaban J connectivity index is 1.35. The number of fused-ring (bicyclic) bond motifs is 1. The molecule has 136 valence electrons. The Morgan fingerprint density at radius 1 is 1.23 bits per heavy atom. The van der Waals surface area contributed by atoms with Gasteiger partial charge in [-0.2, -0.15) is 0 Å². The number of carbonyl (C=O) groups excluding carboxylic acids is 1. The van der Waals surface area contributed by atoms with E-state index in [0.717, 1.165) is 19.5 Å². The number of rotatable bonds is 4. The predicted molar refractivity (Wildman–Crippen MR) is 97.2 cm³/mol. The third-order valence-corrected chi connectivity index (χ3v) is 5.13. The highest BCUT2D eigenvalue weighted by Gasteiger charge is 2.38. The van der Waals surface area contributed by atoms with Gasteiger partial charge in [-0.25, -0.2) is 4.98 Å². The van der Waals surface area contributed by atoms with Gasteiger partial charge < -0.3 is 14.8 Å². The summed E-state index contributed by atoms with van der Waals surface area (Å²) in [6, 6.07) is 14.3. The van der Waals surface area contributed by atoms with Crippen LogP contribution in [-0.2, 0) is 4.74 Å². The van der Waals surface area contributed by atoms with Crippen LogP contribution in [0.1, 0.15) is 28.4 Å². The highest BCUT2D eigenvalue weighted by atomic mass is 16.5. The van der Waals surface area contributed by atoms with Gasteiger partial charge in [-0.05, 0) is 18.1 Å². The minimum Gasteiger partial charge on any atom is -0.481 e. The maximum atomic E-state index is 12.5. The zero-order valence-electron chi connectivity index (χ0n) is 14.8. The molecule has 0 bridgehead atoms. The van der Waals surface area contributed by atoms with Gasteiger partial charge in [0, 0.05) is 37.4 Å². The number of methoxy groups -OCH3 is 1. The van der Waals surface area contributed by atoms with Crippen LogP contribution in [0.4, 0.5) is 0 Å². The number of pyridine rings is 1. The highest BCUT2D eigenvalue weighted by Crippen LogP contribution is 2.30. The van der Waals surface area contributed by atoms with Crippen molar-refractivity contribution >= 4 is 5.91 Å². The van der Waals surface area contributed by atoms with E-state index in [1.54, 1.807) is 25.4 Å². The molecule has 2 aliphatic rings. The lowest BCUT2D eigenvalue weighted by atomic mass is 10.1. The number of nitrogens with one attached hydrogen (secondary N) is 1. The number of hydrogen-bond acceptors (Lipinski definition) is 5. The van der Waals surface area contributed by atoms with Gasteiger partial charge in [0.25, 0.3) is 5.91 Å². The van der Waals surface area contributed by atoms with E-state index < -0.39 is 0 Å². The number of amides is 1. The monoisotopic (exact) mass is 353 g/mol. The second kappa shape index (κ2) is 7.43. The molecule has 1 N–H and O–H groups in total. The number of carbonyl (C=O) groups is 1. The van der Waals surface area contributed by atoms with Crippen molar-refractivity contribution in [3.8, 4) is 5.88 Å². The molecule has 0 unspecified atom stereocenters. The summed E-state index contributed by atoms with van der Waals surface area (Å²) in [5.41, 5.74) is 1.76. The summed E-state index contributed by atoms with van der Waals surface area (Å²) in [7, 11) is 1.56. The Labute approximate surface area is 153 Å². The van der Waals surface area contributed by atoms with E-state index in [1.165, 1.54) is 5.56 Å². The maximum Gasteiger partial charge on any atom is 0.253 e. The minimum absolute atomic E-state index is 0.0921. The average molecular weight is 353 g/mol. The van der Waals surface area contributed by atoms with E-state index in [9.17, 15) is 4.79 Å². The summed E-state index contributed by atoms with van der Waals surface area (Å²) >= 11 is 0. The van der Waals surface area contributed by atoms with Crippen molar-refractivity contribution in [1.82, 2.24) is 15.2 Å². The fourth-order valence-corrected chi connectivity index (χ4v) is 3.75. The summed E-state index contributed by atoms with van der Waals surface area (Å²) in [5, 5.41) is 3.13. The van der Waals surface area contributed by atoms with Crippen LogP contribution in [0, 0.1) is 0 Å². The smallest absolute Gasteiger partial charge is 0.253 e. The molecule has 6 nitrogen and oxygen atoms in total. The molecule has 0 saturated carbocycles. The van der Waals surface area contributed by atoms with E-state index in [0.29, 0.717) is 24.1 Å². The maximum absolute atomic E-state index is 12.5. The van der Waals surface area contributed by atoms with E-state index >= 15 is 0 Å². The van der Waals surface area contributed by atoms with Crippen LogP contribution in [0.2, 0.25) is 0 Å². The molecule has 2 fully saturated rings. The van der Waals surface area contributed by atoms with Crippen LogP contribution in [0.5, 0.6) is 5.88 Å². The van der Waals surface area contributed by atoms with Gasteiger partial charge in [0.1, 0.15) is 0 Å². The van der Waals surface area contributed by atoms with Gasteiger partial charge in [0.15, 0.2) is 0 Å². The Kier molecular flexibility index (Phi) is 4.86. The number of aromatic nitrogens is 1. The van der Waals surface area contributed by atoms with Crippen molar-refractivity contribution < 1.29 is 14.3 Å². The van der Waals surface area contributed by atoms with Gasteiger partial charge in [0.05, 0.1) is 25.4 Å². The Morgan fingerprint density at radius 3 is 2.81 bits per heavy atom. The molecular weight excluding hydrogens is 330 g/mol. The van der Waals surface area contributed by atoms with Gasteiger partial charge in [0.2, 0.25) is 5.88 Å². The molecule has 26 heavy (non-hydrogen) atoms. The first-order valence-corrected chi connectivity index (χ1v) is 8.94. The van der Waals surface area contributed by atoms with Crippen molar-refractivity contribution in [2.45, 2.75) is 24.6 Å². The standard InChI is InChI=1S/C20H23N3O3/c1-25-19-8-7-15(10-21-19)20(24)22-16-9-17-13-26-18(12-23(17)11-16)14-5-3-2-4-6-14/h2-8,10,16-18H,9,11-13H2,1H3,(H,22,24)/t16-,17+,18-/m1/s1. The second-order valence-electron chi connectivity index (χ2n) is 6.84. The molecule has 0 radical (unpaired) electrons. The fraction of sp³-hybridized carbons (Fsp3) is 0.400. The molecule has 0 aliphatic carbocycles. The number of benzene rings is 1. The predicted octanol–water partition coefficient (Wildman–Crippen LogP) is 2.03. The van der Waals surface area contributed by atoms with Crippen LogP contribution < -0.4 is 10.1 Å². The molecular formula is C20H23N3O3. The largest absolute Gasteiger partial charge is 0.481 e. The molecule has 0 spiro atoms. The number of ether oxygens (including phenoxy) is 2. The lowest BCUT2D eigenvalue weighted by Gasteiger charge is -2.35. The molecule has 1 aromatic heterocycles. The van der Waals surface area contributed by atoms with Crippen LogP contribution in [0.15, 0.2) is 48.7 Å². The lowest BCUT2D eigenvalue weighted by Crippen LogP contribution is -2.43. The lowest BCUT2D eigenvalue weighted by molar-refractivity contribution is -0.0502. The summed E-state index contributed by atoms with van der Waals surface area (Å²) in [6.45, 7) is 2.42. The summed E-state index contributed by atoms with van der Waals surface area (Å²) < 4.78 is 11.1. The first-order chi connectivity index (χ1) is 12.7. The average Bonchev–Trinajstić information content (AvgIpc) is 3.10. The quantitative estimate of drug-likeness (QED) is 0.911. The zero-order chi connectivity index (χ0) is 17.9. The fourth-order valence-electron chi connectivity index (χ4n) is 3.75. The van der Waals surface area contributed by atoms with Crippen molar-refractivity contribution in [2.24, 2.45) is 0 Å². The summed E-state index contributed by atoms with van der Waals surface area (Å²) in [5.74, 6) is 0.411.